The summed E-state index contributed by atoms with van der Waals surface area (Å²) in [6, 6.07) is 13.9. The average molecular weight is 480 g/mol. The van der Waals surface area contributed by atoms with Crippen molar-refractivity contribution in [1.29, 1.82) is 0 Å². The molecule has 0 radical (unpaired) electrons. The topological polar surface area (TPSA) is 52.7 Å². The molecular formula is C29H38FN3O2. The van der Waals surface area contributed by atoms with Crippen LogP contribution in [0.15, 0.2) is 48.5 Å². The molecule has 5 nitrogen and oxygen atoms in total. The molecule has 0 aromatic heterocycles. The Balaban J connectivity index is 1.13. The van der Waals surface area contributed by atoms with Gasteiger partial charge in [0.1, 0.15) is 5.82 Å². The van der Waals surface area contributed by atoms with Gasteiger partial charge in [0, 0.05) is 42.9 Å². The fourth-order valence-electron chi connectivity index (χ4n) is 5.41. The van der Waals surface area contributed by atoms with Crippen LogP contribution in [0.2, 0.25) is 0 Å². The van der Waals surface area contributed by atoms with Crippen LogP contribution >= 0.6 is 0 Å². The van der Waals surface area contributed by atoms with Crippen molar-refractivity contribution in [3.63, 3.8) is 0 Å². The SMILES string of the molecule is CN(C)c1ccc(C(=O)NC2CCC(CCN3CCC(C(=O)c4ccc(F)cc4)CC3)CC2)cc1. The van der Waals surface area contributed by atoms with E-state index in [0.717, 1.165) is 69.4 Å². The highest BCUT2D eigenvalue weighted by molar-refractivity contribution is 5.97. The van der Waals surface area contributed by atoms with E-state index in [0.29, 0.717) is 11.5 Å². The molecule has 2 aromatic carbocycles. The molecule has 1 aliphatic carbocycles. The van der Waals surface area contributed by atoms with Crippen LogP contribution in [0.3, 0.4) is 0 Å². The summed E-state index contributed by atoms with van der Waals surface area (Å²) in [6.07, 6.45) is 7.34. The first-order valence-corrected chi connectivity index (χ1v) is 13.0. The average Bonchev–Trinajstić information content (AvgIpc) is 2.88. The lowest BCUT2D eigenvalue weighted by Crippen LogP contribution is -2.39. The second-order valence-electron chi connectivity index (χ2n) is 10.4. The van der Waals surface area contributed by atoms with Gasteiger partial charge in [-0.15, -0.1) is 0 Å². The largest absolute Gasteiger partial charge is 0.378 e. The minimum Gasteiger partial charge on any atom is -0.378 e. The molecular weight excluding hydrogens is 441 g/mol. The summed E-state index contributed by atoms with van der Waals surface area (Å²) in [7, 11) is 3.99. The van der Waals surface area contributed by atoms with E-state index >= 15 is 0 Å². The number of rotatable bonds is 8. The zero-order chi connectivity index (χ0) is 24.8. The van der Waals surface area contributed by atoms with Crippen LogP contribution in [-0.4, -0.2) is 56.4 Å². The summed E-state index contributed by atoms with van der Waals surface area (Å²) in [5.41, 5.74) is 2.43. The molecule has 1 heterocycles. The summed E-state index contributed by atoms with van der Waals surface area (Å²) in [5.74, 6) is 0.633. The molecule has 2 fully saturated rings. The van der Waals surface area contributed by atoms with Crippen LogP contribution in [-0.2, 0) is 0 Å². The number of ketones is 1. The molecule has 1 aliphatic heterocycles. The number of anilines is 1. The van der Waals surface area contributed by atoms with Crippen molar-refractivity contribution in [2.75, 3.05) is 38.6 Å². The maximum Gasteiger partial charge on any atom is 0.251 e. The minimum atomic E-state index is -0.303. The van der Waals surface area contributed by atoms with Gasteiger partial charge in [-0.3, -0.25) is 9.59 Å². The van der Waals surface area contributed by atoms with Crippen molar-refractivity contribution >= 4 is 17.4 Å². The molecule has 188 valence electrons. The molecule has 35 heavy (non-hydrogen) atoms. The van der Waals surface area contributed by atoms with Gasteiger partial charge in [0.15, 0.2) is 5.78 Å². The molecule has 2 aromatic rings. The predicted molar refractivity (Wildman–Crippen MR) is 138 cm³/mol. The molecule has 2 aliphatic rings. The van der Waals surface area contributed by atoms with E-state index in [4.69, 9.17) is 0 Å². The number of carbonyl (C=O) groups excluding carboxylic acids is 2. The van der Waals surface area contributed by atoms with Crippen LogP contribution in [0.5, 0.6) is 0 Å². The van der Waals surface area contributed by atoms with Gasteiger partial charge in [0.2, 0.25) is 0 Å². The van der Waals surface area contributed by atoms with E-state index in [1.165, 1.54) is 18.6 Å². The van der Waals surface area contributed by atoms with E-state index in [1.807, 2.05) is 43.3 Å². The van der Waals surface area contributed by atoms with Crippen LogP contribution in [0.25, 0.3) is 0 Å². The number of amides is 1. The van der Waals surface area contributed by atoms with E-state index in [1.54, 1.807) is 12.1 Å². The molecule has 1 N–H and O–H groups in total. The van der Waals surface area contributed by atoms with Crippen molar-refractivity contribution < 1.29 is 14.0 Å². The zero-order valence-electron chi connectivity index (χ0n) is 21.0. The van der Waals surface area contributed by atoms with Crippen molar-refractivity contribution in [2.24, 2.45) is 11.8 Å². The van der Waals surface area contributed by atoms with E-state index < -0.39 is 0 Å². The maximum absolute atomic E-state index is 13.1. The lowest BCUT2D eigenvalue weighted by molar-refractivity contribution is 0.0832. The van der Waals surface area contributed by atoms with Crippen molar-refractivity contribution in [3.05, 3.63) is 65.5 Å². The Morgan fingerprint density at radius 2 is 1.49 bits per heavy atom. The summed E-state index contributed by atoms with van der Waals surface area (Å²) in [6.45, 7) is 2.99. The van der Waals surface area contributed by atoms with E-state index in [-0.39, 0.29) is 29.5 Å². The molecule has 6 heteroatoms. The monoisotopic (exact) mass is 479 g/mol. The molecule has 0 unspecified atom stereocenters. The Kier molecular flexibility index (Phi) is 8.55. The van der Waals surface area contributed by atoms with Crippen molar-refractivity contribution in [2.45, 2.75) is 51.0 Å². The molecule has 1 amide bonds. The first-order valence-electron chi connectivity index (χ1n) is 13.0. The summed E-state index contributed by atoms with van der Waals surface area (Å²) in [5, 5.41) is 3.23. The number of benzene rings is 2. The normalized spacial score (nSPS) is 21.5. The molecule has 1 saturated carbocycles. The van der Waals surface area contributed by atoms with Crippen LogP contribution in [0.1, 0.15) is 65.7 Å². The number of halogens is 1. The molecule has 0 spiro atoms. The van der Waals surface area contributed by atoms with Gasteiger partial charge >= 0.3 is 0 Å². The second kappa shape index (κ2) is 11.8. The van der Waals surface area contributed by atoms with E-state index in [2.05, 4.69) is 10.2 Å². The van der Waals surface area contributed by atoms with Gasteiger partial charge in [-0.05, 0) is 119 Å². The maximum atomic E-state index is 13.1. The zero-order valence-corrected chi connectivity index (χ0v) is 21.0. The summed E-state index contributed by atoms with van der Waals surface area (Å²) in [4.78, 5) is 29.8. The van der Waals surface area contributed by atoms with Gasteiger partial charge in [0.05, 0.1) is 0 Å². The number of likely N-dealkylation sites (tertiary alicyclic amines) is 1. The first kappa shape index (κ1) is 25.4. The summed E-state index contributed by atoms with van der Waals surface area (Å²) >= 11 is 0. The third kappa shape index (κ3) is 6.91. The number of carbonyl (C=O) groups is 2. The molecule has 0 bridgehead atoms. The highest BCUT2D eigenvalue weighted by Gasteiger charge is 2.27. The third-order valence-electron chi connectivity index (χ3n) is 7.77. The van der Waals surface area contributed by atoms with Gasteiger partial charge in [-0.1, -0.05) is 0 Å². The van der Waals surface area contributed by atoms with Crippen LogP contribution in [0, 0.1) is 17.7 Å². The fraction of sp³-hybridized carbons (Fsp3) is 0.517. The van der Waals surface area contributed by atoms with Gasteiger partial charge in [-0.25, -0.2) is 4.39 Å². The molecule has 4 rings (SSSR count). The van der Waals surface area contributed by atoms with Gasteiger partial charge in [-0.2, -0.15) is 0 Å². The Bertz CT molecular complexity index is 974. The Morgan fingerprint density at radius 3 is 2.09 bits per heavy atom. The standard InChI is InChI=1S/C29H38FN3O2/c1-32(2)27-13-7-24(8-14-27)29(35)31-26-11-3-21(4-12-26)15-18-33-19-16-23(17-20-33)28(34)22-5-9-25(30)10-6-22/h5-10,13-14,21,23,26H,3-4,11-12,15-20H2,1-2H3,(H,31,35). The van der Waals surface area contributed by atoms with Crippen molar-refractivity contribution in [3.8, 4) is 0 Å². The Labute approximate surface area is 208 Å². The number of piperidine rings is 1. The van der Waals surface area contributed by atoms with Gasteiger partial charge < -0.3 is 15.1 Å². The predicted octanol–water partition coefficient (Wildman–Crippen LogP) is 5.17. The number of nitrogens with one attached hydrogen (secondary N) is 1. The first-order chi connectivity index (χ1) is 16.9. The molecule has 0 atom stereocenters. The number of hydrogen-bond acceptors (Lipinski definition) is 4. The summed E-state index contributed by atoms with van der Waals surface area (Å²) < 4.78 is 13.1. The Morgan fingerprint density at radius 1 is 0.886 bits per heavy atom. The quantitative estimate of drug-likeness (QED) is 0.531. The molecule has 1 saturated heterocycles. The van der Waals surface area contributed by atoms with Gasteiger partial charge in [0.25, 0.3) is 5.91 Å². The lowest BCUT2D eigenvalue weighted by Gasteiger charge is -2.34. The highest BCUT2D eigenvalue weighted by atomic mass is 19.1. The fourth-order valence-corrected chi connectivity index (χ4v) is 5.41. The second-order valence-corrected chi connectivity index (χ2v) is 10.4. The van der Waals surface area contributed by atoms with Crippen molar-refractivity contribution in [1.82, 2.24) is 10.2 Å². The number of nitrogens with zero attached hydrogens (tertiary/aromatic N) is 2. The number of hydrogen-bond donors (Lipinski definition) is 1. The highest BCUT2D eigenvalue weighted by Crippen LogP contribution is 2.29. The van der Waals surface area contributed by atoms with Crippen LogP contribution < -0.4 is 10.2 Å². The smallest absolute Gasteiger partial charge is 0.251 e. The third-order valence-corrected chi connectivity index (χ3v) is 7.77. The lowest BCUT2D eigenvalue weighted by atomic mass is 9.83. The Hall–Kier alpha value is -2.73. The minimum absolute atomic E-state index is 0.0248. The van der Waals surface area contributed by atoms with Crippen LogP contribution in [0.4, 0.5) is 10.1 Å². The number of Topliss-reactive ketones (excluding diaryl/α,β-unsaturated/α-hetero) is 1. The van der Waals surface area contributed by atoms with E-state index in [9.17, 15) is 14.0 Å².